The summed E-state index contributed by atoms with van der Waals surface area (Å²) in [6.45, 7) is 5.94. The number of carbonyl (C=O) groups is 2. The highest BCUT2D eigenvalue weighted by Crippen LogP contribution is 2.38. The van der Waals surface area contributed by atoms with Crippen molar-refractivity contribution in [1.82, 2.24) is 10.4 Å². The van der Waals surface area contributed by atoms with E-state index in [4.69, 9.17) is 10.2 Å². The number of carbonyl (C=O) groups excluding carboxylic acids is 2. The fourth-order valence-corrected chi connectivity index (χ4v) is 3.16. The highest BCUT2D eigenvalue weighted by molar-refractivity contribution is 6.09. The molecular weight excluding hydrogens is 334 g/mol. The highest BCUT2D eigenvalue weighted by atomic mass is 16.4. The van der Waals surface area contributed by atoms with Gasteiger partial charge in [0.05, 0.1) is 5.71 Å². The molecule has 0 saturated carbocycles. The SMILES string of the molecule is Cc1c(C(=O)Nc2ccccn2)oc2c1/C(=N\NC(N)=O)CC(C)(C)C2. The lowest BCUT2D eigenvalue weighted by Crippen LogP contribution is -2.31. The Bertz CT molecular complexity index is 884. The van der Waals surface area contributed by atoms with Gasteiger partial charge in [-0.05, 0) is 30.9 Å². The molecule has 0 unspecified atom stereocenters. The van der Waals surface area contributed by atoms with Crippen LogP contribution in [0.2, 0.25) is 0 Å². The number of urea groups is 1. The number of hydrogen-bond donors (Lipinski definition) is 3. The molecule has 0 bridgehead atoms. The molecule has 0 fully saturated rings. The number of hydrogen-bond acceptors (Lipinski definition) is 5. The lowest BCUT2D eigenvalue weighted by molar-refractivity contribution is 0.0992. The van der Waals surface area contributed by atoms with E-state index in [9.17, 15) is 9.59 Å². The molecule has 1 aliphatic carbocycles. The highest BCUT2D eigenvalue weighted by Gasteiger charge is 2.36. The molecule has 3 amide bonds. The Balaban J connectivity index is 1.97. The number of nitrogens with zero attached hydrogens (tertiary/aromatic N) is 2. The number of aromatic nitrogens is 1. The lowest BCUT2D eigenvalue weighted by atomic mass is 9.75. The van der Waals surface area contributed by atoms with Gasteiger partial charge in [0.1, 0.15) is 11.6 Å². The molecule has 8 heteroatoms. The first-order valence-electron chi connectivity index (χ1n) is 8.24. The van der Waals surface area contributed by atoms with E-state index in [0.717, 1.165) is 5.56 Å². The van der Waals surface area contributed by atoms with E-state index in [-0.39, 0.29) is 17.1 Å². The standard InChI is InChI=1S/C18H21N5O3/c1-10-14-11(22-23-17(19)25)8-18(2,3)9-12(14)26-15(10)16(24)21-13-6-4-5-7-20-13/h4-7H,8-9H2,1-3H3,(H3,19,23,25)(H,20,21,24)/b22-11-. The third-order valence-electron chi connectivity index (χ3n) is 4.21. The van der Waals surface area contributed by atoms with Gasteiger partial charge in [-0.15, -0.1) is 0 Å². The Morgan fingerprint density at radius 3 is 2.73 bits per heavy atom. The number of primary amides is 1. The Morgan fingerprint density at radius 2 is 2.08 bits per heavy atom. The minimum atomic E-state index is -0.739. The Morgan fingerprint density at radius 1 is 1.31 bits per heavy atom. The van der Waals surface area contributed by atoms with Gasteiger partial charge in [-0.25, -0.2) is 15.2 Å². The molecule has 0 atom stereocenters. The third-order valence-corrected chi connectivity index (χ3v) is 4.21. The van der Waals surface area contributed by atoms with Crippen LogP contribution in [0.15, 0.2) is 33.9 Å². The summed E-state index contributed by atoms with van der Waals surface area (Å²) in [5.74, 6) is 0.951. The quantitative estimate of drug-likeness (QED) is 0.732. The van der Waals surface area contributed by atoms with Gasteiger partial charge >= 0.3 is 6.03 Å². The fourth-order valence-electron chi connectivity index (χ4n) is 3.16. The number of nitrogens with one attached hydrogen (secondary N) is 2. The van der Waals surface area contributed by atoms with Crippen LogP contribution in [0.1, 0.15) is 47.7 Å². The second-order valence-corrected chi connectivity index (χ2v) is 7.08. The summed E-state index contributed by atoms with van der Waals surface area (Å²) in [5.41, 5.74) is 9.35. The molecule has 2 heterocycles. The molecule has 0 aromatic carbocycles. The Labute approximate surface area is 150 Å². The largest absolute Gasteiger partial charge is 0.455 e. The van der Waals surface area contributed by atoms with E-state index in [1.165, 1.54) is 0 Å². The molecule has 0 saturated heterocycles. The van der Waals surface area contributed by atoms with Crippen molar-refractivity contribution in [3.63, 3.8) is 0 Å². The van der Waals surface area contributed by atoms with E-state index in [0.29, 0.717) is 35.7 Å². The summed E-state index contributed by atoms with van der Waals surface area (Å²) in [5, 5.41) is 6.85. The summed E-state index contributed by atoms with van der Waals surface area (Å²) < 4.78 is 5.88. The first-order chi connectivity index (χ1) is 12.3. The van der Waals surface area contributed by atoms with Gasteiger partial charge in [0.15, 0.2) is 5.76 Å². The lowest BCUT2D eigenvalue weighted by Gasteiger charge is -2.29. The van der Waals surface area contributed by atoms with Crippen LogP contribution in [0.4, 0.5) is 10.6 Å². The number of fused-ring (bicyclic) bond motifs is 1. The van der Waals surface area contributed by atoms with E-state index in [1.54, 1.807) is 31.3 Å². The van der Waals surface area contributed by atoms with Crippen molar-refractivity contribution in [3.8, 4) is 0 Å². The third kappa shape index (κ3) is 3.58. The Hall–Kier alpha value is -3.16. The smallest absolute Gasteiger partial charge is 0.332 e. The summed E-state index contributed by atoms with van der Waals surface area (Å²) in [6.07, 6.45) is 2.88. The van der Waals surface area contributed by atoms with Gasteiger partial charge in [0.25, 0.3) is 5.91 Å². The van der Waals surface area contributed by atoms with E-state index >= 15 is 0 Å². The second kappa shape index (κ2) is 6.62. The Kier molecular flexibility index (Phi) is 4.50. The number of hydrazone groups is 1. The van der Waals surface area contributed by atoms with Crippen molar-refractivity contribution in [3.05, 3.63) is 47.0 Å². The predicted octanol–water partition coefficient (Wildman–Crippen LogP) is 2.58. The predicted molar refractivity (Wildman–Crippen MR) is 97.0 cm³/mol. The normalized spacial score (nSPS) is 16.8. The first-order valence-corrected chi connectivity index (χ1v) is 8.24. The van der Waals surface area contributed by atoms with Crippen molar-refractivity contribution in [2.24, 2.45) is 16.3 Å². The van der Waals surface area contributed by atoms with Gasteiger partial charge in [0.2, 0.25) is 0 Å². The van der Waals surface area contributed by atoms with Gasteiger partial charge < -0.3 is 15.5 Å². The monoisotopic (exact) mass is 355 g/mol. The van der Waals surface area contributed by atoms with E-state index in [1.807, 2.05) is 0 Å². The fraction of sp³-hybridized carbons (Fsp3) is 0.333. The van der Waals surface area contributed by atoms with Gasteiger partial charge in [-0.3, -0.25) is 4.79 Å². The molecule has 3 rings (SSSR count). The molecule has 136 valence electrons. The molecule has 2 aromatic heterocycles. The maximum atomic E-state index is 12.6. The van der Waals surface area contributed by atoms with Crippen molar-refractivity contribution >= 4 is 23.5 Å². The van der Waals surface area contributed by atoms with Crippen LogP contribution in [0.25, 0.3) is 0 Å². The van der Waals surface area contributed by atoms with Crippen LogP contribution in [0.5, 0.6) is 0 Å². The van der Waals surface area contributed by atoms with Crippen molar-refractivity contribution in [2.45, 2.75) is 33.6 Å². The summed E-state index contributed by atoms with van der Waals surface area (Å²) in [4.78, 5) is 27.7. The number of rotatable bonds is 3. The van der Waals surface area contributed by atoms with Crippen LogP contribution >= 0.6 is 0 Å². The second-order valence-electron chi connectivity index (χ2n) is 7.08. The zero-order chi connectivity index (χ0) is 18.9. The molecule has 8 nitrogen and oxygen atoms in total. The van der Waals surface area contributed by atoms with Crippen LogP contribution in [0.3, 0.4) is 0 Å². The van der Waals surface area contributed by atoms with Crippen LogP contribution in [0, 0.1) is 12.3 Å². The van der Waals surface area contributed by atoms with Crippen LogP contribution in [-0.2, 0) is 6.42 Å². The average Bonchev–Trinajstić information content (AvgIpc) is 2.89. The van der Waals surface area contributed by atoms with Crippen LogP contribution in [-0.4, -0.2) is 22.6 Å². The van der Waals surface area contributed by atoms with E-state index in [2.05, 4.69) is 34.7 Å². The molecule has 0 radical (unpaired) electrons. The average molecular weight is 355 g/mol. The number of anilines is 1. The summed E-state index contributed by atoms with van der Waals surface area (Å²) in [6, 6.07) is 4.51. The molecule has 0 aliphatic heterocycles. The number of pyridine rings is 1. The van der Waals surface area contributed by atoms with E-state index < -0.39 is 6.03 Å². The first kappa shape index (κ1) is 17.7. The molecular formula is C18H21N5O3. The molecule has 2 aromatic rings. The maximum Gasteiger partial charge on any atom is 0.332 e. The van der Waals surface area contributed by atoms with Gasteiger partial charge in [-0.2, -0.15) is 5.10 Å². The number of amides is 3. The molecule has 4 N–H and O–H groups in total. The minimum Gasteiger partial charge on any atom is -0.455 e. The molecule has 1 aliphatic rings. The zero-order valence-corrected chi connectivity index (χ0v) is 14.9. The molecule has 0 spiro atoms. The number of furan rings is 1. The minimum absolute atomic E-state index is 0.121. The zero-order valence-electron chi connectivity index (χ0n) is 14.9. The summed E-state index contributed by atoms with van der Waals surface area (Å²) >= 11 is 0. The van der Waals surface area contributed by atoms with Gasteiger partial charge in [-0.1, -0.05) is 19.9 Å². The summed E-state index contributed by atoms with van der Waals surface area (Å²) in [7, 11) is 0. The van der Waals surface area contributed by atoms with Crippen molar-refractivity contribution in [2.75, 3.05) is 5.32 Å². The molecule has 26 heavy (non-hydrogen) atoms. The van der Waals surface area contributed by atoms with Crippen molar-refractivity contribution < 1.29 is 14.0 Å². The van der Waals surface area contributed by atoms with Crippen LogP contribution < -0.4 is 16.5 Å². The van der Waals surface area contributed by atoms with Gasteiger partial charge in [0, 0.05) is 23.7 Å². The maximum absolute atomic E-state index is 12.6. The number of nitrogens with two attached hydrogens (primary N) is 1. The topological polar surface area (TPSA) is 123 Å². The van der Waals surface area contributed by atoms with Crippen molar-refractivity contribution in [1.29, 1.82) is 0 Å².